The SMILES string of the molecule is C=NNCc1cc(C(=O)O)n(C(=NC)/C(C)=C\CC)n1. The van der Waals surface area contributed by atoms with Crippen molar-refractivity contribution in [2.24, 2.45) is 10.1 Å². The summed E-state index contributed by atoms with van der Waals surface area (Å²) in [6, 6.07) is 1.49. The Hall–Kier alpha value is -2.44. The lowest BCUT2D eigenvalue weighted by atomic mass is 10.2. The number of allylic oxidation sites excluding steroid dienone is 2. The molecule has 0 fully saturated rings. The molecule has 20 heavy (non-hydrogen) atoms. The third-order valence-corrected chi connectivity index (χ3v) is 2.63. The van der Waals surface area contributed by atoms with Gasteiger partial charge in [0.2, 0.25) is 0 Å². The highest BCUT2D eigenvalue weighted by Crippen LogP contribution is 2.10. The summed E-state index contributed by atoms with van der Waals surface area (Å²) in [4.78, 5) is 15.5. The van der Waals surface area contributed by atoms with Gasteiger partial charge in [0.05, 0.1) is 12.2 Å². The number of carbonyl (C=O) groups is 1. The van der Waals surface area contributed by atoms with Crippen LogP contribution >= 0.6 is 0 Å². The van der Waals surface area contributed by atoms with Gasteiger partial charge in [-0.25, -0.2) is 9.48 Å². The first kappa shape index (κ1) is 15.6. The van der Waals surface area contributed by atoms with E-state index in [-0.39, 0.29) is 5.69 Å². The van der Waals surface area contributed by atoms with Gasteiger partial charge >= 0.3 is 5.97 Å². The minimum atomic E-state index is -1.05. The van der Waals surface area contributed by atoms with Crippen molar-refractivity contribution in [1.82, 2.24) is 15.2 Å². The van der Waals surface area contributed by atoms with Crippen LogP contribution in [0.1, 0.15) is 36.5 Å². The molecule has 0 aliphatic carbocycles. The number of rotatable bonds is 6. The number of carboxylic acids is 1. The minimum absolute atomic E-state index is 0.0651. The number of hydrogen-bond acceptors (Lipinski definition) is 5. The highest BCUT2D eigenvalue weighted by atomic mass is 16.4. The largest absolute Gasteiger partial charge is 0.477 e. The van der Waals surface area contributed by atoms with E-state index >= 15 is 0 Å². The van der Waals surface area contributed by atoms with E-state index in [2.05, 4.69) is 27.3 Å². The van der Waals surface area contributed by atoms with Gasteiger partial charge in [-0.1, -0.05) is 13.0 Å². The Morgan fingerprint density at radius 3 is 2.85 bits per heavy atom. The van der Waals surface area contributed by atoms with Crippen molar-refractivity contribution < 1.29 is 9.90 Å². The molecule has 0 amide bonds. The molecule has 2 N–H and O–H groups in total. The Morgan fingerprint density at radius 2 is 2.35 bits per heavy atom. The van der Waals surface area contributed by atoms with Crippen LogP contribution in [0.25, 0.3) is 0 Å². The lowest BCUT2D eigenvalue weighted by Crippen LogP contribution is -2.20. The molecule has 0 aliphatic heterocycles. The van der Waals surface area contributed by atoms with E-state index in [4.69, 9.17) is 0 Å². The predicted octanol–water partition coefficient (Wildman–Crippen LogP) is 1.52. The van der Waals surface area contributed by atoms with E-state index in [1.54, 1.807) is 7.05 Å². The number of nitrogens with zero attached hydrogens (tertiary/aromatic N) is 4. The summed E-state index contributed by atoms with van der Waals surface area (Å²) in [5, 5.41) is 17.0. The van der Waals surface area contributed by atoms with E-state index in [0.717, 1.165) is 12.0 Å². The molecule has 1 heterocycles. The number of hydrogen-bond donors (Lipinski definition) is 2. The van der Waals surface area contributed by atoms with E-state index in [0.29, 0.717) is 18.1 Å². The molecule has 0 unspecified atom stereocenters. The van der Waals surface area contributed by atoms with Crippen molar-refractivity contribution in [2.75, 3.05) is 7.05 Å². The summed E-state index contributed by atoms with van der Waals surface area (Å²) in [6.45, 7) is 7.49. The standard InChI is InChI=1S/C13H19N5O2/c1-5-6-9(2)12(14-3)18-11(13(19)20)7-10(17-18)8-16-15-4/h6-7,16H,4-5,8H2,1-3H3,(H,19,20)/b9-6-,14-12?. The monoisotopic (exact) mass is 277 g/mol. The lowest BCUT2D eigenvalue weighted by molar-refractivity contribution is 0.0688. The van der Waals surface area contributed by atoms with Gasteiger partial charge in [-0.15, -0.1) is 0 Å². The minimum Gasteiger partial charge on any atom is -0.477 e. The number of nitrogens with one attached hydrogen (secondary N) is 1. The quantitative estimate of drug-likeness (QED) is 0.468. The molecule has 7 heteroatoms. The second-order valence-electron chi connectivity index (χ2n) is 4.07. The fourth-order valence-corrected chi connectivity index (χ4v) is 1.80. The van der Waals surface area contributed by atoms with Crippen LogP contribution in [0, 0.1) is 0 Å². The molecule has 0 saturated carbocycles. The summed E-state index contributed by atoms with van der Waals surface area (Å²) < 4.78 is 1.34. The molecular weight excluding hydrogens is 258 g/mol. The van der Waals surface area contributed by atoms with Crippen molar-refractivity contribution >= 4 is 18.5 Å². The topological polar surface area (TPSA) is 91.9 Å². The van der Waals surface area contributed by atoms with Crippen LogP contribution in [0.15, 0.2) is 27.8 Å². The molecule has 0 aliphatic rings. The van der Waals surface area contributed by atoms with E-state index in [1.165, 1.54) is 10.7 Å². The zero-order valence-corrected chi connectivity index (χ0v) is 11.9. The van der Waals surface area contributed by atoms with E-state index in [1.807, 2.05) is 19.9 Å². The van der Waals surface area contributed by atoms with E-state index in [9.17, 15) is 9.90 Å². The fraction of sp³-hybridized carbons (Fsp3) is 0.385. The molecule has 0 spiro atoms. The first-order valence-electron chi connectivity index (χ1n) is 6.20. The van der Waals surface area contributed by atoms with Crippen LogP contribution in [0.2, 0.25) is 0 Å². The summed E-state index contributed by atoms with van der Waals surface area (Å²) in [7, 11) is 1.61. The van der Waals surface area contributed by atoms with Gasteiger partial charge in [0.25, 0.3) is 0 Å². The molecule has 1 aromatic heterocycles. The number of aliphatic imine (C=N–C) groups is 1. The average Bonchev–Trinajstić information content (AvgIpc) is 2.82. The van der Waals surface area contributed by atoms with Gasteiger partial charge in [-0.3, -0.25) is 4.99 Å². The van der Waals surface area contributed by atoms with Gasteiger partial charge in [0.1, 0.15) is 0 Å². The molecule has 0 aromatic carbocycles. The van der Waals surface area contributed by atoms with Crippen molar-refractivity contribution in [2.45, 2.75) is 26.8 Å². The van der Waals surface area contributed by atoms with Gasteiger partial charge < -0.3 is 10.5 Å². The van der Waals surface area contributed by atoms with Crippen molar-refractivity contribution in [1.29, 1.82) is 0 Å². The van der Waals surface area contributed by atoms with Crippen LogP contribution in [-0.2, 0) is 6.54 Å². The molecule has 0 bridgehead atoms. The maximum Gasteiger partial charge on any atom is 0.354 e. The van der Waals surface area contributed by atoms with Crippen LogP contribution in [0.3, 0.4) is 0 Å². The van der Waals surface area contributed by atoms with Crippen LogP contribution < -0.4 is 5.43 Å². The predicted molar refractivity (Wildman–Crippen MR) is 78.4 cm³/mol. The Balaban J connectivity index is 3.26. The molecule has 7 nitrogen and oxygen atoms in total. The zero-order valence-electron chi connectivity index (χ0n) is 11.9. The lowest BCUT2D eigenvalue weighted by Gasteiger charge is -2.08. The summed E-state index contributed by atoms with van der Waals surface area (Å²) in [5.74, 6) is -0.539. The first-order valence-corrected chi connectivity index (χ1v) is 6.20. The maximum absolute atomic E-state index is 11.3. The van der Waals surface area contributed by atoms with Crippen LogP contribution in [0.5, 0.6) is 0 Å². The number of aromatic nitrogens is 2. The van der Waals surface area contributed by atoms with Gasteiger partial charge in [-0.05, 0) is 25.0 Å². The summed E-state index contributed by atoms with van der Waals surface area (Å²) in [6.07, 6.45) is 2.81. The second-order valence-corrected chi connectivity index (χ2v) is 4.07. The second kappa shape index (κ2) is 7.22. The molecular formula is C13H19N5O2. The maximum atomic E-state index is 11.3. The highest BCUT2D eigenvalue weighted by Gasteiger charge is 2.18. The van der Waals surface area contributed by atoms with Crippen molar-refractivity contribution in [3.05, 3.63) is 29.1 Å². The van der Waals surface area contributed by atoms with Gasteiger partial charge in [0.15, 0.2) is 11.5 Å². The molecule has 1 rings (SSSR count). The molecule has 0 radical (unpaired) electrons. The Morgan fingerprint density at radius 1 is 1.65 bits per heavy atom. The highest BCUT2D eigenvalue weighted by molar-refractivity contribution is 6.02. The smallest absolute Gasteiger partial charge is 0.354 e. The normalized spacial score (nSPS) is 12.3. The van der Waals surface area contributed by atoms with Gasteiger partial charge in [-0.2, -0.15) is 10.2 Å². The first-order chi connectivity index (χ1) is 9.54. The van der Waals surface area contributed by atoms with Crippen LogP contribution in [0.4, 0.5) is 0 Å². The summed E-state index contributed by atoms with van der Waals surface area (Å²) in [5.41, 5.74) is 4.14. The Kier molecular flexibility index (Phi) is 5.64. The fourth-order valence-electron chi connectivity index (χ4n) is 1.80. The Bertz CT molecular complexity index is 557. The third kappa shape index (κ3) is 3.53. The van der Waals surface area contributed by atoms with Crippen molar-refractivity contribution in [3.8, 4) is 0 Å². The van der Waals surface area contributed by atoms with Crippen LogP contribution in [-0.4, -0.2) is 40.5 Å². The van der Waals surface area contributed by atoms with Crippen molar-refractivity contribution in [3.63, 3.8) is 0 Å². The number of aromatic carboxylic acids is 1. The zero-order chi connectivity index (χ0) is 15.1. The molecule has 1 aromatic rings. The third-order valence-electron chi connectivity index (χ3n) is 2.63. The number of hydrazone groups is 1. The summed E-state index contributed by atoms with van der Waals surface area (Å²) >= 11 is 0. The molecule has 0 saturated heterocycles. The van der Waals surface area contributed by atoms with E-state index < -0.39 is 5.97 Å². The average molecular weight is 277 g/mol. The van der Waals surface area contributed by atoms with Gasteiger partial charge in [0, 0.05) is 13.8 Å². The Labute approximate surface area is 117 Å². The molecule has 0 atom stereocenters. The number of carboxylic acid groups (broad SMARTS) is 1. The molecule has 108 valence electrons.